The summed E-state index contributed by atoms with van der Waals surface area (Å²) >= 11 is 0. The van der Waals surface area contributed by atoms with Gasteiger partial charge in [-0.2, -0.15) is 5.10 Å². The van der Waals surface area contributed by atoms with Crippen LogP contribution in [0.4, 0.5) is 14.5 Å². The predicted molar refractivity (Wildman–Crippen MR) is 85.0 cm³/mol. The molecule has 0 radical (unpaired) electrons. The Morgan fingerprint density at radius 1 is 1.13 bits per heavy atom. The zero-order valence-corrected chi connectivity index (χ0v) is 12.3. The van der Waals surface area contributed by atoms with E-state index in [0.29, 0.717) is 17.7 Å². The van der Waals surface area contributed by atoms with E-state index in [-0.39, 0.29) is 11.6 Å². The van der Waals surface area contributed by atoms with E-state index in [2.05, 4.69) is 10.2 Å². The van der Waals surface area contributed by atoms with Gasteiger partial charge in [-0.05, 0) is 30.7 Å². The molecule has 4 nitrogen and oxygen atoms in total. The first-order chi connectivity index (χ1) is 11.1. The van der Waals surface area contributed by atoms with Gasteiger partial charge in [0.05, 0.1) is 11.9 Å². The summed E-state index contributed by atoms with van der Waals surface area (Å²) < 4.78 is 26.0. The van der Waals surface area contributed by atoms with Crippen molar-refractivity contribution in [3.05, 3.63) is 65.2 Å². The Kier molecular flexibility index (Phi) is 3.97. The van der Waals surface area contributed by atoms with Crippen molar-refractivity contribution in [2.24, 2.45) is 10.2 Å². The minimum Gasteiger partial charge on any atom is -0.307 e. The first-order valence-corrected chi connectivity index (χ1v) is 7.09. The van der Waals surface area contributed by atoms with Crippen molar-refractivity contribution in [2.45, 2.75) is 6.92 Å². The topological polar surface area (TPSA) is 45.0 Å². The minimum absolute atomic E-state index is 0.226. The number of likely N-dealkylation sites (N-methyl/N-ethyl adjacent to an activating group) is 1. The summed E-state index contributed by atoms with van der Waals surface area (Å²) in [6, 6.07) is 10.7. The van der Waals surface area contributed by atoms with Gasteiger partial charge in [-0.25, -0.2) is 8.78 Å². The number of anilines is 1. The number of carbonyl (C=O) groups excluding carboxylic acids is 1. The molecule has 6 heteroatoms. The Morgan fingerprint density at radius 3 is 2.65 bits per heavy atom. The molecule has 0 aromatic heterocycles. The van der Waals surface area contributed by atoms with Crippen LogP contribution in [0.25, 0.3) is 0 Å². The maximum atomic E-state index is 13.1. The molecular weight excluding hydrogens is 300 g/mol. The normalized spacial score (nSPS) is 15.7. The number of hydrogen-bond donors (Lipinski definition) is 0. The van der Waals surface area contributed by atoms with Crippen molar-refractivity contribution >= 4 is 23.5 Å². The lowest BCUT2D eigenvalue weighted by Crippen LogP contribution is -2.29. The molecule has 1 aliphatic rings. The van der Waals surface area contributed by atoms with E-state index in [1.165, 1.54) is 12.3 Å². The second-order valence-electron chi connectivity index (χ2n) is 4.93. The first-order valence-electron chi connectivity index (χ1n) is 7.09. The van der Waals surface area contributed by atoms with E-state index in [0.717, 1.165) is 17.8 Å². The van der Waals surface area contributed by atoms with Gasteiger partial charge in [-0.15, -0.1) is 5.10 Å². The first kappa shape index (κ1) is 15.0. The molecule has 0 spiro atoms. The number of nitrogens with zero attached hydrogens (tertiary/aromatic N) is 3. The maximum Gasteiger partial charge on any atom is 0.279 e. The van der Waals surface area contributed by atoms with Crippen molar-refractivity contribution in [3.63, 3.8) is 0 Å². The molecule has 23 heavy (non-hydrogen) atoms. The summed E-state index contributed by atoms with van der Waals surface area (Å²) in [5.74, 6) is -2.11. The number of rotatable bonds is 3. The molecule has 0 N–H and O–H groups in total. The highest BCUT2D eigenvalue weighted by molar-refractivity contribution is 6.54. The fourth-order valence-corrected chi connectivity index (χ4v) is 2.42. The molecule has 0 saturated carbocycles. The third kappa shape index (κ3) is 2.75. The number of fused-ring (bicyclic) bond motifs is 1. The number of amides is 1. The summed E-state index contributed by atoms with van der Waals surface area (Å²) in [5.41, 5.74) is 2.10. The van der Waals surface area contributed by atoms with Crippen molar-refractivity contribution < 1.29 is 13.6 Å². The Labute approximate surface area is 131 Å². The van der Waals surface area contributed by atoms with Crippen LogP contribution in [-0.2, 0) is 4.79 Å². The quantitative estimate of drug-likeness (QED) is 0.634. The van der Waals surface area contributed by atoms with Crippen LogP contribution >= 0.6 is 0 Å². The van der Waals surface area contributed by atoms with Gasteiger partial charge in [0.15, 0.2) is 17.3 Å². The average Bonchev–Trinajstić information content (AvgIpc) is 2.82. The Balaban J connectivity index is 1.92. The zero-order chi connectivity index (χ0) is 16.4. The molecule has 0 unspecified atom stereocenters. The van der Waals surface area contributed by atoms with Crippen LogP contribution in [0.5, 0.6) is 0 Å². The summed E-state index contributed by atoms with van der Waals surface area (Å²) in [7, 11) is 0. The molecule has 0 atom stereocenters. The summed E-state index contributed by atoms with van der Waals surface area (Å²) in [6.07, 6.45) is 1.28. The van der Waals surface area contributed by atoms with Gasteiger partial charge >= 0.3 is 0 Å². The Bertz CT molecular complexity index is 830. The molecule has 0 saturated heterocycles. The molecule has 3 rings (SSSR count). The number of hydrogen-bond acceptors (Lipinski definition) is 3. The van der Waals surface area contributed by atoms with Gasteiger partial charge in [0.25, 0.3) is 5.91 Å². The number of halogens is 2. The Morgan fingerprint density at radius 2 is 1.91 bits per heavy atom. The van der Waals surface area contributed by atoms with Crippen molar-refractivity contribution in [3.8, 4) is 0 Å². The molecule has 1 amide bonds. The van der Waals surface area contributed by atoms with Gasteiger partial charge in [0, 0.05) is 12.1 Å². The van der Waals surface area contributed by atoms with Crippen LogP contribution in [0, 0.1) is 11.6 Å². The summed E-state index contributed by atoms with van der Waals surface area (Å²) in [6.45, 7) is 2.41. The van der Waals surface area contributed by atoms with Crippen LogP contribution in [0.1, 0.15) is 18.1 Å². The van der Waals surface area contributed by atoms with E-state index in [4.69, 9.17) is 0 Å². The smallest absolute Gasteiger partial charge is 0.279 e. The lowest BCUT2D eigenvalue weighted by molar-refractivity contribution is -0.112. The van der Waals surface area contributed by atoms with Crippen molar-refractivity contribution in [1.29, 1.82) is 0 Å². The van der Waals surface area contributed by atoms with Gasteiger partial charge in [-0.3, -0.25) is 4.79 Å². The number of carbonyl (C=O) groups is 1. The third-order valence-corrected chi connectivity index (χ3v) is 3.52. The Hall–Kier alpha value is -2.89. The standard InChI is InChI=1S/C17H13F2N3O/c1-2-22-15-6-4-3-5-12(15)16(17(22)23)21-20-10-11-7-8-13(18)14(19)9-11/h3-10H,2H2,1H3/b20-10-,21-16+. The lowest BCUT2D eigenvalue weighted by Gasteiger charge is -2.12. The van der Waals surface area contributed by atoms with Crippen molar-refractivity contribution in [2.75, 3.05) is 11.4 Å². The molecule has 0 fully saturated rings. The fraction of sp³-hybridized carbons (Fsp3) is 0.118. The largest absolute Gasteiger partial charge is 0.307 e. The van der Waals surface area contributed by atoms with Crippen molar-refractivity contribution in [1.82, 2.24) is 0 Å². The molecule has 2 aromatic carbocycles. The van der Waals surface area contributed by atoms with Crippen LogP contribution in [-0.4, -0.2) is 24.4 Å². The monoisotopic (exact) mass is 313 g/mol. The van der Waals surface area contributed by atoms with Crippen LogP contribution in [0.3, 0.4) is 0 Å². The van der Waals surface area contributed by atoms with Gasteiger partial charge in [0.2, 0.25) is 0 Å². The van der Waals surface area contributed by atoms with Gasteiger partial charge in [0.1, 0.15) is 0 Å². The van der Waals surface area contributed by atoms with E-state index in [1.54, 1.807) is 11.0 Å². The van der Waals surface area contributed by atoms with Crippen LogP contribution in [0.15, 0.2) is 52.7 Å². The number of benzene rings is 2. The molecule has 0 aliphatic carbocycles. The molecule has 0 bridgehead atoms. The highest BCUT2D eigenvalue weighted by Crippen LogP contribution is 2.28. The fourth-order valence-electron chi connectivity index (χ4n) is 2.42. The van der Waals surface area contributed by atoms with Crippen LogP contribution in [0.2, 0.25) is 0 Å². The highest BCUT2D eigenvalue weighted by Gasteiger charge is 2.32. The molecule has 116 valence electrons. The SMILES string of the molecule is CCN1C(=O)/C(=N/N=C\c2ccc(F)c(F)c2)c2ccccc21. The van der Waals surface area contributed by atoms with E-state index in [9.17, 15) is 13.6 Å². The lowest BCUT2D eigenvalue weighted by atomic mass is 10.1. The zero-order valence-electron chi connectivity index (χ0n) is 12.3. The highest BCUT2D eigenvalue weighted by atomic mass is 19.2. The minimum atomic E-state index is -0.957. The molecule has 1 aliphatic heterocycles. The average molecular weight is 313 g/mol. The third-order valence-electron chi connectivity index (χ3n) is 3.52. The van der Waals surface area contributed by atoms with E-state index in [1.807, 2.05) is 25.1 Å². The van der Waals surface area contributed by atoms with Crippen LogP contribution < -0.4 is 4.90 Å². The van der Waals surface area contributed by atoms with E-state index >= 15 is 0 Å². The van der Waals surface area contributed by atoms with Gasteiger partial charge in [-0.1, -0.05) is 24.3 Å². The maximum absolute atomic E-state index is 13.1. The van der Waals surface area contributed by atoms with E-state index < -0.39 is 11.6 Å². The second kappa shape index (κ2) is 6.08. The second-order valence-corrected chi connectivity index (χ2v) is 4.93. The summed E-state index contributed by atoms with van der Waals surface area (Å²) in [5, 5.41) is 7.81. The molecule has 2 aromatic rings. The molecular formula is C17H13F2N3O. The number of para-hydroxylation sites is 1. The van der Waals surface area contributed by atoms with Gasteiger partial charge < -0.3 is 4.90 Å². The predicted octanol–water partition coefficient (Wildman–Crippen LogP) is 3.15. The molecule has 1 heterocycles. The summed E-state index contributed by atoms with van der Waals surface area (Å²) in [4.78, 5) is 14.0.